The highest BCUT2D eigenvalue weighted by molar-refractivity contribution is 9.11. The van der Waals surface area contributed by atoms with Crippen LogP contribution >= 0.6 is 31.9 Å². The first kappa shape index (κ1) is 21.9. The molecule has 0 aromatic heterocycles. The van der Waals surface area contributed by atoms with Gasteiger partial charge >= 0.3 is 0 Å². The molecule has 2 aromatic rings. The van der Waals surface area contributed by atoms with Crippen molar-refractivity contribution in [2.45, 2.75) is 23.4 Å². The number of nitrogens with one attached hydrogen (secondary N) is 1. The number of nitriles is 1. The number of likely N-dealkylation sites (tertiary alicyclic amines) is 1. The maximum absolute atomic E-state index is 12.8. The Morgan fingerprint density at radius 2 is 1.90 bits per heavy atom. The summed E-state index contributed by atoms with van der Waals surface area (Å²) in [6.07, 6.45) is 2.59. The number of methoxy groups -OCH3 is 1. The number of rotatable bonds is 7. The third-order valence-corrected chi connectivity index (χ3v) is 7.56. The molecule has 1 aliphatic heterocycles. The molecule has 0 unspecified atom stereocenters. The van der Waals surface area contributed by atoms with Crippen LogP contribution in [0.25, 0.3) is 0 Å². The number of sulfonamides is 1. The molecule has 1 aliphatic rings. The van der Waals surface area contributed by atoms with Gasteiger partial charge in [0.25, 0.3) is 0 Å². The zero-order chi connectivity index (χ0) is 21.0. The van der Waals surface area contributed by atoms with E-state index >= 15 is 0 Å². The Labute approximate surface area is 186 Å². The van der Waals surface area contributed by atoms with Crippen LogP contribution in [0.4, 0.5) is 0 Å². The Kier molecular flexibility index (Phi) is 7.05. The molecule has 1 N–H and O–H groups in total. The van der Waals surface area contributed by atoms with Gasteiger partial charge in [0, 0.05) is 21.5 Å². The van der Waals surface area contributed by atoms with Gasteiger partial charge in [-0.05, 0) is 64.8 Å². The zero-order valence-electron chi connectivity index (χ0n) is 15.5. The minimum absolute atomic E-state index is 0.147. The van der Waals surface area contributed by atoms with Gasteiger partial charge in [0.05, 0.1) is 18.0 Å². The van der Waals surface area contributed by atoms with Crippen LogP contribution in [0.1, 0.15) is 6.42 Å². The summed E-state index contributed by atoms with van der Waals surface area (Å²) in [4.78, 5) is 1.69. The molecular weight excluding hydrogens is 526 g/mol. The van der Waals surface area contributed by atoms with Crippen molar-refractivity contribution in [1.29, 1.82) is 5.26 Å². The summed E-state index contributed by atoms with van der Waals surface area (Å²) in [6, 6.07) is 11.5. The van der Waals surface area contributed by atoms with Gasteiger partial charge in [-0.1, -0.05) is 15.9 Å². The predicted octanol–water partition coefficient (Wildman–Crippen LogP) is 3.50. The molecule has 154 valence electrons. The number of hydrogen-bond donors (Lipinski definition) is 1. The minimum atomic E-state index is -3.74. The molecule has 0 bridgehead atoms. The molecule has 0 amide bonds. The molecule has 0 radical (unpaired) electrons. The molecule has 0 saturated carbocycles. The topological polar surface area (TPSA) is 91.7 Å². The molecule has 2 atom stereocenters. The first-order chi connectivity index (χ1) is 13.8. The van der Waals surface area contributed by atoms with E-state index in [1.807, 2.05) is 0 Å². The highest BCUT2D eigenvalue weighted by Crippen LogP contribution is 2.27. The first-order valence-corrected chi connectivity index (χ1v) is 11.8. The van der Waals surface area contributed by atoms with Crippen molar-refractivity contribution in [2.75, 3.05) is 20.3 Å². The van der Waals surface area contributed by atoms with Gasteiger partial charge in [-0.25, -0.2) is 13.1 Å². The highest BCUT2D eigenvalue weighted by atomic mass is 79.9. The van der Waals surface area contributed by atoms with Gasteiger partial charge in [-0.2, -0.15) is 5.26 Å². The molecule has 0 spiro atoms. The highest BCUT2D eigenvalue weighted by Gasteiger charge is 2.35. The summed E-state index contributed by atoms with van der Waals surface area (Å²) in [7, 11) is -2.15. The van der Waals surface area contributed by atoms with E-state index in [4.69, 9.17) is 9.47 Å². The fourth-order valence-corrected chi connectivity index (χ4v) is 5.85. The summed E-state index contributed by atoms with van der Waals surface area (Å²) in [5.74, 6) is 1.39. The lowest BCUT2D eigenvalue weighted by molar-refractivity contribution is 0.219. The van der Waals surface area contributed by atoms with Gasteiger partial charge in [0.2, 0.25) is 10.0 Å². The number of nitrogens with zero attached hydrogens (tertiary/aromatic N) is 2. The minimum Gasteiger partial charge on any atom is -0.497 e. The molecule has 10 heteroatoms. The Bertz CT molecular complexity index is 1010. The molecule has 2 aromatic carbocycles. The molecule has 7 nitrogen and oxygen atoms in total. The van der Waals surface area contributed by atoms with Gasteiger partial charge in [-0.15, -0.1) is 0 Å². The van der Waals surface area contributed by atoms with Gasteiger partial charge in [0.15, 0.2) is 6.19 Å². The molecule has 1 saturated heterocycles. The smallest absolute Gasteiger partial charge is 0.242 e. The third kappa shape index (κ3) is 5.42. The molecule has 1 fully saturated rings. The van der Waals surface area contributed by atoms with Gasteiger partial charge in [-0.3, -0.25) is 0 Å². The van der Waals surface area contributed by atoms with E-state index in [1.54, 1.807) is 48.4 Å². The summed E-state index contributed by atoms with van der Waals surface area (Å²) in [6.45, 7) is 0.566. The lowest BCUT2D eigenvalue weighted by Crippen LogP contribution is -2.36. The van der Waals surface area contributed by atoms with E-state index in [1.165, 1.54) is 6.07 Å². The van der Waals surface area contributed by atoms with Crippen molar-refractivity contribution in [3.8, 4) is 17.7 Å². The summed E-state index contributed by atoms with van der Waals surface area (Å²) >= 11 is 6.58. The molecule has 1 heterocycles. The van der Waals surface area contributed by atoms with Crippen LogP contribution in [0.3, 0.4) is 0 Å². The first-order valence-electron chi connectivity index (χ1n) is 8.73. The van der Waals surface area contributed by atoms with E-state index < -0.39 is 16.1 Å². The Balaban J connectivity index is 1.65. The van der Waals surface area contributed by atoms with Crippen molar-refractivity contribution in [3.63, 3.8) is 0 Å². The van der Waals surface area contributed by atoms with E-state index in [0.29, 0.717) is 21.1 Å². The van der Waals surface area contributed by atoms with Crippen LogP contribution in [-0.4, -0.2) is 45.7 Å². The number of hydrogen-bond acceptors (Lipinski definition) is 6. The fraction of sp³-hybridized carbons (Fsp3) is 0.316. The van der Waals surface area contributed by atoms with Crippen LogP contribution < -0.4 is 14.2 Å². The maximum Gasteiger partial charge on any atom is 0.242 e. The zero-order valence-corrected chi connectivity index (χ0v) is 19.5. The van der Waals surface area contributed by atoms with Crippen LogP contribution in [0, 0.1) is 11.5 Å². The largest absolute Gasteiger partial charge is 0.497 e. The second-order valence-corrected chi connectivity index (χ2v) is 9.97. The second-order valence-electron chi connectivity index (χ2n) is 6.52. The van der Waals surface area contributed by atoms with Crippen molar-refractivity contribution in [1.82, 2.24) is 9.62 Å². The van der Waals surface area contributed by atoms with Crippen molar-refractivity contribution >= 4 is 41.9 Å². The van der Waals surface area contributed by atoms with E-state index in [-0.39, 0.29) is 24.1 Å². The van der Waals surface area contributed by atoms with Crippen LogP contribution in [-0.2, 0) is 10.0 Å². The quantitative estimate of drug-likeness (QED) is 0.536. The number of ether oxygens (including phenoxy) is 2. The van der Waals surface area contributed by atoms with Crippen LogP contribution in [0.5, 0.6) is 11.5 Å². The van der Waals surface area contributed by atoms with E-state index in [0.717, 1.165) is 5.75 Å². The van der Waals surface area contributed by atoms with Gasteiger partial charge in [0.1, 0.15) is 18.1 Å². The van der Waals surface area contributed by atoms with Crippen LogP contribution in [0.15, 0.2) is 56.3 Å². The van der Waals surface area contributed by atoms with E-state index in [2.05, 4.69) is 42.8 Å². The summed E-state index contributed by atoms with van der Waals surface area (Å²) in [5.41, 5.74) is 0. The second kappa shape index (κ2) is 9.34. The maximum atomic E-state index is 12.8. The Hall–Kier alpha value is -1.80. The molecular formula is C19H19Br2N3O4S. The Morgan fingerprint density at radius 3 is 2.55 bits per heavy atom. The van der Waals surface area contributed by atoms with Crippen molar-refractivity contribution in [2.24, 2.45) is 0 Å². The number of halogens is 2. The lowest BCUT2D eigenvalue weighted by Gasteiger charge is -2.18. The molecule has 0 aliphatic carbocycles. The summed E-state index contributed by atoms with van der Waals surface area (Å²) < 4.78 is 40.3. The van der Waals surface area contributed by atoms with Crippen molar-refractivity contribution < 1.29 is 17.9 Å². The standard InChI is InChI=1S/C19H19Br2N3O4S/c1-27-16-3-5-17(6-4-16)28-11-15-9-14(10-24(15)12-22)23-29(25,26)19-8-13(20)2-7-18(19)21/h2-8,14-15,23H,9-11H2,1H3/t14-,15-/m1/s1. The molecule has 3 rings (SSSR count). The predicted molar refractivity (Wildman–Crippen MR) is 115 cm³/mol. The third-order valence-electron chi connectivity index (χ3n) is 4.55. The van der Waals surface area contributed by atoms with Crippen LogP contribution in [0.2, 0.25) is 0 Å². The lowest BCUT2D eigenvalue weighted by atomic mass is 10.2. The summed E-state index contributed by atoms with van der Waals surface area (Å²) in [5, 5.41) is 9.43. The fourth-order valence-electron chi connectivity index (χ4n) is 3.11. The monoisotopic (exact) mass is 543 g/mol. The average molecular weight is 545 g/mol. The molecule has 29 heavy (non-hydrogen) atoms. The van der Waals surface area contributed by atoms with Crippen molar-refractivity contribution in [3.05, 3.63) is 51.4 Å². The van der Waals surface area contributed by atoms with E-state index in [9.17, 15) is 13.7 Å². The Morgan fingerprint density at radius 1 is 1.21 bits per heavy atom. The number of benzene rings is 2. The average Bonchev–Trinajstić information content (AvgIpc) is 3.09. The van der Waals surface area contributed by atoms with Gasteiger partial charge < -0.3 is 14.4 Å². The SMILES string of the molecule is COc1ccc(OC[C@H]2C[C@@H](NS(=O)(=O)c3cc(Br)ccc3Br)CN2C#N)cc1. The normalized spacial score (nSPS) is 19.0.